The van der Waals surface area contributed by atoms with Gasteiger partial charge in [0.05, 0.1) is 23.6 Å². The molecule has 0 aromatic heterocycles. The number of allylic oxidation sites excluding steroid dienone is 6. The van der Waals surface area contributed by atoms with E-state index in [2.05, 4.69) is 0 Å². The molecular weight excluding hydrogens is 910 g/mol. The zero-order valence-corrected chi connectivity index (χ0v) is 44.1. The van der Waals surface area contributed by atoms with E-state index >= 15 is 0 Å². The lowest BCUT2D eigenvalue weighted by atomic mass is 9.79. The van der Waals surface area contributed by atoms with Crippen molar-refractivity contribution in [1.82, 2.24) is 4.90 Å². The standard InChI is InChI=1S/C52H81NO13PS/c1-31-17-13-12-14-18-32(2)42(62-8)29-39-22-20-37(7)52(60,66-39)49(57)50(58)53-24-16-15-19-40(53)51(59)65-43(34(4)27-38-21-23-45(68-67(11)61)44(28-38)63-9)30-41(54)33(3)26-36(6)47(56)48(64-10)46(55)35(5)25-31/h12-14,17-18,26,31,33-35,37-40,42-45,47-48,56,60H,15-16,19-25,27-30H2,1-11H3/q+1/b14-12?,17-13+,32-18?,36-26+/t31-,33-,34-,35-,37-,38+,39+,40+,42+,43?,44-,45?,47-,48+,52-/m1/s1. The van der Waals surface area contributed by atoms with Crippen LogP contribution in [-0.4, -0.2) is 133 Å². The lowest BCUT2D eigenvalue weighted by Gasteiger charge is -2.42. The Morgan fingerprint density at radius 2 is 1.62 bits per heavy atom. The Bertz CT molecular complexity index is 1890. The Balaban J connectivity index is 1.70. The number of carbonyl (C=O) groups is 5. The maximum atomic E-state index is 14.5. The molecule has 16 heteroatoms. The molecule has 16 atom stereocenters. The number of esters is 1. The van der Waals surface area contributed by atoms with Crippen LogP contribution in [0.25, 0.3) is 0 Å². The number of piperidine rings is 1. The summed E-state index contributed by atoms with van der Waals surface area (Å²) in [5.74, 6) is -7.90. The topological polar surface area (TPSA) is 192 Å². The van der Waals surface area contributed by atoms with Crippen LogP contribution < -0.4 is 0 Å². The Labute approximate surface area is 410 Å². The normalized spacial score (nSPS) is 38.1. The molecule has 0 aromatic carbocycles. The summed E-state index contributed by atoms with van der Waals surface area (Å²) in [6, 6.07) is -1.14. The fraction of sp³-hybridized carbons (Fsp3) is 0.750. The number of rotatable bonds is 8. The monoisotopic (exact) mass is 991 g/mol. The van der Waals surface area contributed by atoms with Crippen molar-refractivity contribution in [3.8, 4) is 0 Å². The summed E-state index contributed by atoms with van der Waals surface area (Å²) in [7, 11) is 3.20. The third kappa shape index (κ3) is 15.6. The van der Waals surface area contributed by atoms with Crippen molar-refractivity contribution in [2.75, 3.05) is 34.5 Å². The molecule has 1 amide bonds. The Morgan fingerprint density at radius 3 is 2.28 bits per heavy atom. The maximum Gasteiger partial charge on any atom is 0.407 e. The van der Waals surface area contributed by atoms with Crippen LogP contribution in [0.1, 0.15) is 126 Å². The first-order chi connectivity index (χ1) is 32.1. The van der Waals surface area contributed by atoms with Crippen molar-refractivity contribution in [2.45, 2.75) is 179 Å². The summed E-state index contributed by atoms with van der Waals surface area (Å²) in [6.07, 6.45) is 12.5. The van der Waals surface area contributed by atoms with Gasteiger partial charge in [0.15, 0.2) is 5.78 Å². The largest absolute Gasteiger partial charge is 0.460 e. The Hall–Kier alpha value is -2.88. The van der Waals surface area contributed by atoms with Crippen molar-refractivity contribution in [3.63, 3.8) is 0 Å². The zero-order chi connectivity index (χ0) is 50.5. The predicted molar refractivity (Wildman–Crippen MR) is 264 cm³/mol. The number of aliphatic hydroxyl groups is 2. The second kappa shape index (κ2) is 27.1. The molecule has 68 heavy (non-hydrogen) atoms. The number of fused-ring (bicyclic) bond motifs is 3. The highest BCUT2D eigenvalue weighted by Crippen LogP contribution is 2.46. The molecule has 0 radical (unpaired) electrons. The molecule has 4 aliphatic rings. The minimum Gasteiger partial charge on any atom is -0.460 e. The average molecular weight is 991 g/mol. The van der Waals surface area contributed by atoms with Gasteiger partial charge in [0, 0.05) is 58.5 Å². The minimum atomic E-state index is -2.43. The summed E-state index contributed by atoms with van der Waals surface area (Å²) in [5, 5.41) is 23.5. The number of amides is 1. The molecule has 3 fully saturated rings. The molecule has 4 rings (SSSR count). The van der Waals surface area contributed by atoms with Crippen LogP contribution in [0.4, 0.5) is 0 Å². The van der Waals surface area contributed by atoms with Gasteiger partial charge in [-0.15, -0.1) is 0 Å². The van der Waals surface area contributed by atoms with Crippen LogP contribution in [0.15, 0.2) is 47.6 Å². The summed E-state index contributed by atoms with van der Waals surface area (Å²) in [4.78, 5) is 72.2. The molecule has 0 spiro atoms. The zero-order valence-electron chi connectivity index (χ0n) is 42.4. The van der Waals surface area contributed by atoms with E-state index in [9.17, 15) is 38.8 Å². The third-order valence-electron chi connectivity index (χ3n) is 14.7. The van der Waals surface area contributed by atoms with Gasteiger partial charge in [-0.3, -0.25) is 19.2 Å². The van der Waals surface area contributed by atoms with Crippen LogP contribution in [0.5, 0.6) is 0 Å². The van der Waals surface area contributed by atoms with Crippen LogP contribution in [0, 0.1) is 35.5 Å². The van der Waals surface area contributed by atoms with Gasteiger partial charge in [-0.2, -0.15) is 0 Å². The van der Waals surface area contributed by atoms with Gasteiger partial charge in [-0.05, 0) is 107 Å². The number of nitrogens with zero attached hydrogens (tertiary/aromatic N) is 1. The van der Waals surface area contributed by atoms with Crippen LogP contribution in [-0.2, 0) is 52.2 Å². The van der Waals surface area contributed by atoms with Gasteiger partial charge in [0.1, 0.15) is 48.2 Å². The van der Waals surface area contributed by atoms with Gasteiger partial charge in [-0.25, -0.2) is 4.79 Å². The summed E-state index contributed by atoms with van der Waals surface area (Å²) in [5.41, 5.74) is 1.27. The molecule has 2 bridgehead atoms. The molecule has 14 nitrogen and oxygen atoms in total. The molecule has 382 valence electrons. The van der Waals surface area contributed by atoms with Gasteiger partial charge in [-0.1, -0.05) is 75.6 Å². The van der Waals surface area contributed by atoms with E-state index in [-0.39, 0.29) is 60.1 Å². The van der Waals surface area contributed by atoms with Crippen molar-refractivity contribution in [3.05, 3.63) is 47.6 Å². The van der Waals surface area contributed by atoms with E-state index in [1.807, 2.05) is 58.1 Å². The highest BCUT2D eigenvalue weighted by atomic mass is 32.7. The first-order valence-electron chi connectivity index (χ1n) is 24.7. The maximum absolute atomic E-state index is 14.5. The van der Waals surface area contributed by atoms with Crippen molar-refractivity contribution in [1.29, 1.82) is 0 Å². The number of hydrogen-bond donors (Lipinski definition) is 2. The number of methoxy groups -OCH3 is 3. The molecular formula is C52H81NO13PS+. The molecule has 0 aromatic rings. The number of carbonyl (C=O) groups excluding carboxylic acids is 5. The van der Waals surface area contributed by atoms with Gasteiger partial charge in [0.25, 0.3) is 11.7 Å². The molecule has 3 unspecified atom stereocenters. The number of ether oxygens (including phenoxy) is 5. The lowest BCUT2D eigenvalue weighted by molar-refractivity contribution is -0.265. The second-order valence-electron chi connectivity index (χ2n) is 20.1. The SMILES string of the molecule is CO[C@H]1C[C@@H]2CC[C@@H](C)[C@@](O)(O2)C(=O)C(=O)N2CCCC[C@H]2C(=O)OC([C@H](C)C[C@@H]2CCC(S[P+](C)=O)[C@H](OC)C2)CC(=O)[C@H](C)/C=C(\C)[C@@H](O)[C@@H](OC)C(=O)[C@H](C)C[C@H](C)/C=C/C=CC=C1C. The number of ketones is 3. The molecule has 3 aliphatic heterocycles. The molecule has 2 saturated heterocycles. The van der Waals surface area contributed by atoms with Crippen molar-refractivity contribution in [2.24, 2.45) is 35.5 Å². The predicted octanol–water partition coefficient (Wildman–Crippen LogP) is 8.29. The smallest absolute Gasteiger partial charge is 0.407 e. The fourth-order valence-corrected chi connectivity index (χ4v) is 13.3. The Morgan fingerprint density at radius 1 is 0.897 bits per heavy atom. The van der Waals surface area contributed by atoms with E-state index in [0.717, 1.165) is 18.4 Å². The first kappa shape index (κ1) is 57.7. The average Bonchev–Trinajstić information content (AvgIpc) is 3.30. The van der Waals surface area contributed by atoms with E-state index in [1.165, 1.54) is 23.4 Å². The van der Waals surface area contributed by atoms with E-state index in [1.54, 1.807) is 47.7 Å². The summed E-state index contributed by atoms with van der Waals surface area (Å²) < 4.78 is 41.9. The highest BCUT2D eigenvalue weighted by molar-refractivity contribution is 8.51. The van der Waals surface area contributed by atoms with Crippen LogP contribution in [0.2, 0.25) is 0 Å². The number of cyclic esters (lactones) is 1. The molecule has 2 N–H and O–H groups in total. The fourth-order valence-electron chi connectivity index (χ4n) is 10.4. The first-order valence-corrected chi connectivity index (χ1v) is 27.9. The minimum absolute atomic E-state index is 0.0171. The Kier molecular flexibility index (Phi) is 23.0. The van der Waals surface area contributed by atoms with E-state index in [0.29, 0.717) is 56.9 Å². The second-order valence-corrected chi connectivity index (χ2v) is 24.0. The number of hydrogen-bond acceptors (Lipinski definition) is 14. The van der Waals surface area contributed by atoms with Gasteiger partial charge in [0.2, 0.25) is 5.79 Å². The number of aliphatic hydroxyl groups excluding tert-OH is 1. The third-order valence-corrected chi connectivity index (χ3v) is 17.5. The van der Waals surface area contributed by atoms with Gasteiger partial charge < -0.3 is 38.8 Å². The summed E-state index contributed by atoms with van der Waals surface area (Å²) in [6.45, 7) is 14.5. The molecule has 1 saturated carbocycles. The quantitative estimate of drug-likeness (QED) is 0.102. The molecule has 3 heterocycles. The lowest BCUT2D eigenvalue weighted by Crippen LogP contribution is -2.61. The van der Waals surface area contributed by atoms with Crippen LogP contribution >= 0.6 is 18.4 Å². The number of Topliss-reactive ketones (excluding diaryl/α,β-unsaturated/α-hetero) is 3. The van der Waals surface area contributed by atoms with Gasteiger partial charge >= 0.3 is 13.0 Å². The van der Waals surface area contributed by atoms with Crippen molar-refractivity contribution < 1.29 is 62.4 Å². The highest BCUT2D eigenvalue weighted by Gasteiger charge is 2.53. The van der Waals surface area contributed by atoms with Crippen LogP contribution in [0.3, 0.4) is 0 Å². The summed E-state index contributed by atoms with van der Waals surface area (Å²) >= 11 is 1.44. The van der Waals surface area contributed by atoms with E-state index in [4.69, 9.17) is 23.7 Å². The van der Waals surface area contributed by atoms with Crippen molar-refractivity contribution >= 4 is 47.6 Å². The van der Waals surface area contributed by atoms with E-state index < -0.39 is 84.8 Å². The molecule has 1 aliphatic carbocycles.